The van der Waals surface area contributed by atoms with E-state index in [1.165, 1.54) is 57.7 Å². The van der Waals surface area contributed by atoms with Gasteiger partial charge >= 0.3 is 0 Å². The van der Waals surface area contributed by atoms with E-state index in [1.807, 2.05) is 6.20 Å². The first-order chi connectivity index (χ1) is 18.0. The van der Waals surface area contributed by atoms with E-state index in [2.05, 4.69) is 102 Å². The molecule has 0 saturated carbocycles. The summed E-state index contributed by atoms with van der Waals surface area (Å²) < 4.78 is 0. The molecular formula is C31H32IrN3O2Si2-. The number of allylic oxidation sites excluding steroid dienone is 2. The summed E-state index contributed by atoms with van der Waals surface area (Å²) in [7, 11) is -3.88. The van der Waals surface area contributed by atoms with Gasteiger partial charge in [0.25, 0.3) is 0 Å². The number of carbonyl (C=O) groups excluding carboxylic acids is 1. The molecule has 1 aromatic heterocycles. The van der Waals surface area contributed by atoms with Crippen LogP contribution in [-0.2, 0) is 24.9 Å². The van der Waals surface area contributed by atoms with Gasteiger partial charge in [0.2, 0.25) is 0 Å². The Morgan fingerprint density at radius 2 is 1.49 bits per heavy atom. The number of aromatic nitrogens is 2. The number of para-hydroxylation sites is 2. The minimum atomic E-state index is -1.96. The van der Waals surface area contributed by atoms with Crippen molar-refractivity contribution in [3.63, 3.8) is 0 Å². The quantitative estimate of drug-likeness (QED) is 0.140. The molecule has 0 bridgehead atoms. The average Bonchev–Trinajstić information content (AvgIpc) is 2.88. The van der Waals surface area contributed by atoms with Crippen LogP contribution >= 0.6 is 0 Å². The van der Waals surface area contributed by atoms with Crippen molar-refractivity contribution < 1.29 is 30.0 Å². The smallest absolute Gasteiger partial charge is 0.155 e. The average molecular weight is 727 g/mol. The molecule has 8 heteroatoms. The zero-order valence-electron chi connectivity index (χ0n) is 23.0. The van der Waals surface area contributed by atoms with E-state index in [4.69, 9.17) is 5.11 Å². The normalized spacial score (nSPS) is 15.4. The molecule has 0 atom stereocenters. The van der Waals surface area contributed by atoms with E-state index in [0.717, 1.165) is 11.3 Å². The van der Waals surface area contributed by atoms with Crippen LogP contribution in [0.4, 0.5) is 17.1 Å². The maximum atomic E-state index is 10.0. The number of ketones is 1. The van der Waals surface area contributed by atoms with Gasteiger partial charge in [0.15, 0.2) is 5.78 Å². The summed E-state index contributed by atoms with van der Waals surface area (Å²) in [5, 5.41) is 14.2. The Kier molecular flexibility index (Phi) is 7.97. The molecule has 0 aliphatic carbocycles. The Morgan fingerprint density at radius 3 is 2.00 bits per heavy atom. The van der Waals surface area contributed by atoms with Gasteiger partial charge in [0.05, 0.1) is 21.9 Å². The minimum Gasteiger partial charge on any atom is -0.512 e. The standard InChI is InChI=1S/C26H24N3Si2.C5H8O2.Ir/c1-30(2)22-11-7-5-9-20(22)29-21-10-6-8-12-23(21)31(3,4)25-16-18(15-24(30)26(25)29)19-17-27-13-14-28-19;1-4(6)3-5(2)7;/h5-15,17H,1-4H3;3,6H,1-2H3;/q-1;;/b;4-3-;. The second-order valence-corrected chi connectivity index (χ2v) is 19.5. The van der Waals surface area contributed by atoms with Crippen molar-refractivity contribution >= 4 is 59.7 Å². The molecular weight excluding hydrogens is 695 g/mol. The number of rotatable bonds is 2. The van der Waals surface area contributed by atoms with Gasteiger partial charge < -0.3 is 15.0 Å². The molecule has 0 spiro atoms. The first kappa shape index (κ1) is 28.8. The van der Waals surface area contributed by atoms with E-state index in [9.17, 15) is 4.79 Å². The van der Waals surface area contributed by atoms with Crippen molar-refractivity contribution in [2.75, 3.05) is 4.90 Å². The number of aliphatic hydroxyl groups is 1. The predicted octanol–water partition coefficient (Wildman–Crippen LogP) is 4.72. The molecule has 201 valence electrons. The Labute approximate surface area is 246 Å². The first-order valence-corrected chi connectivity index (χ1v) is 18.8. The van der Waals surface area contributed by atoms with E-state index >= 15 is 0 Å². The molecule has 0 fully saturated rings. The maximum absolute atomic E-state index is 10.0. The van der Waals surface area contributed by atoms with Crippen molar-refractivity contribution in [2.24, 2.45) is 0 Å². The van der Waals surface area contributed by atoms with Crippen LogP contribution in [0.3, 0.4) is 0 Å². The van der Waals surface area contributed by atoms with Crippen LogP contribution in [0, 0.1) is 6.07 Å². The third-order valence-corrected chi connectivity index (χ3v) is 14.3. The largest absolute Gasteiger partial charge is 0.512 e. The predicted molar refractivity (Wildman–Crippen MR) is 162 cm³/mol. The molecule has 1 N–H and O–H groups in total. The van der Waals surface area contributed by atoms with Crippen molar-refractivity contribution in [3.8, 4) is 11.3 Å². The Morgan fingerprint density at radius 1 is 0.897 bits per heavy atom. The fourth-order valence-electron chi connectivity index (χ4n) is 5.65. The van der Waals surface area contributed by atoms with Crippen LogP contribution in [0.1, 0.15) is 13.8 Å². The van der Waals surface area contributed by atoms with Gasteiger partial charge in [-0.05, 0) is 42.0 Å². The molecule has 4 aromatic rings. The number of fused-ring (bicyclic) bond motifs is 4. The summed E-state index contributed by atoms with van der Waals surface area (Å²) in [5.41, 5.74) is 6.04. The molecule has 0 amide bonds. The van der Waals surface area contributed by atoms with E-state index in [-0.39, 0.29) is 31.6 Å². The van der Waals surface area contributed by atoms with Crippen LogP contribution in [0.5, 0.6) is 0 Å². The Bertz CT molecular complexity index is 1500. The van der Waals surface area contributed by atoms with Gasteiger partial charge in [0.1, 0.15) is 0 Å². The molecule has 6 rings (SSSR count). The molecule has 3 aromatic carbocycles. The van der Waals surface area contributed by atoms with E-state index in [0.29, 0.717) is 0 Å². The third-order valence-electron chi connectivity index (χ3n) is 7.45. The number of hydrogen-bond donors (Lipinski definition) is 1. The van der Waals surface area contributed by atoms with Gasteiger partial charge in [-0.25, -0.2) is 0 Å². The zero-order chi connectivity index (χ0) is 27.2. The molecule has 0 unspecified atom stereocenters. The molecule has 5 nitrogen and oxygen atoms in total. The monoisotopic (exact) mass is 727 g/mol. The van der Waals surface area contributed by atoms with Crippen molar-refractivity contribution in [1.29, 1.82) is 0 Å². The second-order valence-electron chi connectivity index (χ2n) is 10.9. The molecule has 39 heavy (non-hydrogen) atoms. The van der Waals surface area contributed by atoms with Gasteiger partial charge in [-0.3, -0.25) is 9.78 Å². The van der Waals surface area contributed by atoms with Crippen molar-refractivity contribution in [3.05, 3.63) is 91.1 Å². The van der Waals surface area contributed by atoms with Gasteiger partial charge in [0, 0.05) is 61.8 Å². The number of aliphatic hydroxyl groups excluding tert-OH is 1. The fraction of sp³-hybridized carbons (Fsp3) is 0.194. The number of hydrogen-bond acceptors (Lipinski definition) is 5. The van der Waals surface area contributed by atoms with Crippen LogP contribution in [0.25, 0.3) is 11.3 Å². The molecule has 0 saturated heterocycles. The third kappa shape index (κ3) is 4.98. The molecule has 2 aliphatic rings. The Balaban J connectivity index is 0.000000394. The molecule has 3 heterocycles. The van der Waals surface area contributed by atoms with Crippen LogP contribution in [0.2, 0.25) is 26.2 Å². The number of benzene rings is 3. The summed E-state index contributed by atoms with van der Waals surface area (Å²) in [6.07, 6.45) is 6.53. The number of carbonyl (C=O) groups is 1. The summed E-state index contributed by atoms with van der Waals surface area (Å²) >= 11 is 0. The van der Waals surface area contributed by atoms with E-state index in [1.54, 1.807) is 12.4 Å². The van der Waals surface area contributed by atoms with Gasteiger partial charge in [-0.1, -0.05) is 62.6 Å². The SMILES string of the molecule is CC(=O)/C=C(/C)O.C[Si]1(C)c2[c-]c(-c3cnccn3)cc3c2N(c2ccccc21)c1ccccc1[Si]3(C)C.[Ir]. The summed E-state index contributed by atoms with van der Waals surface area (Å²) in [4.78, 5) is 21.5. The van der Waals surface area contributed by atoms with Crippen LogP contribution < -0.4 is 25.6 Å². The maximum Gasteiger partial charge on any atom is 0.155 e. The Hall–Kier alpha value is -3.17. The summed E-state index contributed by atoms with van der Waals surface area (Å²) in [5.74, 6) is -0.0625. The summed E-state index contributed by atoms with van der Waals surface area (Å²) in [6, 6.07) is 24.2. The topological polar surface area (TPSA) is 66.3 Å². The van der Waals surface area contributed by atoms with Crippen LogP contribution in [-0.4, -0.2) is 37.0 Å². The van der Waals surface area contributed by atoms with Crippen molar-refractivity contribution in [1.82, 2.24) is 9.97 Å². The van der Waals surface area contributed by atoms with Gasteiger partial charge in [-0.15, -0.1) is 28.1 Å². The fourth-order valence-corrected chi connectivity index (χ4v) is 11.7. The van der Waals surface area contributed by atoms with Crippen molar-refractivity contribution in [2.45, 2.75) is 40.0 Å². The second kappa shape index (κ2) is 10.8. The number of anilines is 3. The molecule has 2 aliphatic heterocycles. The minimum absolute atomic E-state index is 0. The summed E-state index contributed by atoms with van der Waals surface area (Å²) in [6.45, 7) is 12.7. The molecule has 1 radical (unpaired) electrons. The first-order valence-electron chi connectivity index (χ1n) is 12.8. The van der Waals surface area contributed by atoms with Crippen LogP contribution in [0.15, 0.2) is 85.0 Å². The van der Waals surface area contributed by atoms with Gasteiger partial charge in [-0.2, -0.15) is 0 Å². The number of nitrogens with zero attached hydrogens (tertiary/aromatic N) is 3. The zero-order valence-corrected chi connectivity index (χ0v) is 27.4. The van der Waals surface area contributed by atoms with E-state index < -0.39 is 16.1 Å².